The second-order valence-corrected chi connectivity index (χ2v) is 8.15. The molecule has 1 aromatic rings. The Morgan fingerprint density at radius 3 is 2.20 bits per heavy atom. The monoisotopic (exact) mass is 337 g/mol. The van der Waals surface area contributed by atoms with Crippen LogP contribution in [0.15, 0.2) is 30.3 Å². The van der Waals surface area contributed by atoms with Gasteiger partial charge in [-0.2, -0.15) is 0 Å². The van der Waals surface area contributed by atoms with Gasteiger partial charge in [-0.25, -0.2) is 0 Å². The SMILES string of the molecule is CC(C)(C)[NH2+][C@@H](NC(=O)Cc1ccccc1)C(Cl)(Cl)Cl. The fraction of sp³-hybridized carbons (Fsp3) is 0.500. The van der Waals surface area contributed by atoms with E-state index < -0.39 is 9.96 Å². The Kier molecular flexibility index (Phi) is 6.14. The normalized spacial score (nSPS) is 13.9. The summed E-state index contributed by atoms with van der Waals surface area (Å²) in [6.07, 6.45) is -0.375. The van der Waals surface area contributed by atoms with Crippen LogP contribution in [0, 0.1) is 0 Å². The summed E-state index contributed by atoms with van der Waals surface area (Å²) in [7, 11) is 0. The Morgan fingerprint density at radius 1 is 1.20 bits per heavy atom. The number of hydrogen-bond donors (Lipinski definition) is 2. The minimum atomic E-state index is -1.57. The van der Waals surface area contributed by atoms with Crippen molar-refractivity contribution in [1.29, 1.82) is 0 Å². The zero-order chi connectivity index (χ0) is 15.4. The van der Waals surface area contributed by atoms with Crippen molar-refractivity contribution in [1.82, 2.24) is 5.32 Å². The molecule has 3 nitrogen and oxygen atoms in total. The zero-order valence-corrected chi connectivity index (χ0v) is 14.1. The highest BCUT2D eigenvalue weighted by atomic mass is 35.6. The summed E-state index contributed by atoms with van der Waals surface area (Å²) in [5, 5.41) is 4.61. The average molecular weight is 339 g/mol. The highest BCUT2D eigenvalue weighted by Crippen LogP contribution is 2.27. The van der Waals surface area contributed by atoms with E-state index in [2.05, 4.69) is 5.32 Å². The number of nitrogens with one attached hydrogen (secondary N) is 1. The largest absolute Gasteiger partial charge is 0.319 e. The van der Waals surface area contributed by atoms with E-state index in [1.807, 2.05) is 56.4 Å². The van der Waals surface area contributed by atoms with Gasteiger partial charge in [-0.05, 0) is 26.3 Å². The van der Waals surface area contributed by atoms with Gasteiger partial charge in [0.1, 0.15) is 0 Å². The summed E-state index contributed by atoms with van der Waals surface area (Å²) in [5.74, 6) is -0.173. The lowest BCUT2D eigenvalue weighted by Gasteiger charge is -2.29. The molecule has 0 aliphatic rings. The first-order chi connectivity index (χ1) is 9.08. The highest BCUT2D eigenvalue weighted by Gasteiger charge is 2.40. The van der Waals surface area contributed by atoms with Gasteiger partial charge in [0.15, 0.2) is 0 Å². The van der Waals surface area contributed by atoms with Crippen LogP contribution in [0.4, 0.5) is 0 Å². The van der Waals surface area contributed by atoms with E-state index in [1.165, 1.54) is 0 Å². The number of benzene rings is 1. The first kappa shape index (κ1) is 17.6. The number of hydrogen-bond acceptors (Lipinski definition) is 1. The fourth-order valence-electron chi connectivity index (χ4n) is 1.72. The van der Waals surface area contributed by atoms with Gasteiger partial charge in [-0.1, -0.05) is 65.1 Å². The van der Waals surface area contributed by atoms with Gasteiger partial charge in [0, 0.05) is 0 Å². The molecule has 1 aromatic carbocycles. The van der Waals surface area contributed by atoms with Gasteiger partial charge in [-0.3, -0.25) is 4.79 Å². The topological polar surface area (TPSA) is 45.7 Å². The quantitative estimate of drug-likeness (QED) is 0.643. The molecule has 0 aliphatic carbocycles. The van der Waals surface area contributed by atoms with Crippen LogP contribution >= 0.6 is 34.8 Å². The van der Waals surface area contributed by atoms with Crippen molar-refractivity contribution in [2.75, 3.05) is 0 Å². The summed E-state index contributed by atoms with van der Waals surface area (Å²) in [6, 6.07) is 9.44. The van der Waals surface area contributed by atoms with Crippen LogP contribution in [0.25, 0.3) is 0 Å². The van der Waals surface area contributed by atoms with Crippen molar-refractivity contribution in [3.8, 4) is 0 Å². The molecule has 0 unspecified atom stereocenters. The molecule has 0 heterocycles. The van der Waals surface area contributed by atoms with E-state index in [4.69, 9.17) is 34.8 Å². The molecule has 0 saturated carbocycles. The van der Waals surface area contributed by atoms with Crippen LogP contribution in [0.3, 0.4) is 0 Å². The van der Waals surface area contributed by atoms with E-state index >= 15 is 0 Å². The summed E-state index contributed by atoms with van der Waals surface area (Å²) in [5.41, 5.74) is 0.748. The van der Waals surface area contributed by atoms with Crippen LogP contribution in [0.5, 0.6) is 0 Å². The van der Waals surface area contributed by atoms with Crippen LogP contribution < -0.4 is 10.6 Å². The Bertz CT molecular complexity index is 438. The number of alkyl halides is 3. The third kappa shape index (κ3) is 6.80. The van der Waals surface area contributed by atoms with Gasteiger partial charge in [-0.15, -0.1) is 0 Å². The van der Waals surface area contributed by atoms with Crippen molar-refractivity contribution < 1.29 is 10.1 Å². The minimum Gasteiger partial charge on any atom is -0.319 e. The Labute approximate surface area is 135 Å². The van der Waals surface area contributed by atoms with Crippen LogP contribution in [-0.2, 0) is 11.2 Å². The molecule has 112 valence electrons. The lowest BCUT2D eigenvalue weighted by atomic mass is 10.1. The fourth-order valence-corrected chi connectivity index (χ4v) is 2.08. The van der Waals surface area contributed by atoms with Gasteiger partial charge in [0.25, 0.3) is 3.79 Å². The van der Waals surface area contributed by atoms with Gasteiger partial charge in [0.2, 0.25) is 12.1 Å². The summed E-state index contributed by atoms with van der Waals surface area (Å²) >= 11 is 17.8. The molecule has 6 heteroatoms. The number of quaternary nitrogens is 1. The number of rotatable bonds is 4. The van der Waals surface area contributed by atoms with Gasteiger partial charge >= 0.3 is 0 Å². The van der Waals surface area contributed by atoms with E-state index in [0.29, 0.717) is 0 Å². The third-order valence-corrected chi connectivity index (χ3v) is 3.25. The van der Waals surface area contributed by atoms with Crippen LogP contribution in [-0.4, -0.2) is 21.4 Å². The standard InChI is InChI=1S/C14H19Cl3N2O/c1-13(2,3)19-12(14(15,16)17)18-11(20)9-10-7-5-4-6-8-10/h4-8,12,19H,9H2,1-3H3,(H,18,20)/p+1/t12-/m1/s1. The van der Waals surface area contributed by atoms with Crippen molar-refractivity contribution in [3.63, 3.8) is 0 Å². The van der Waals surface area contributed by atoms with Gasteiger partial charge in [0.05, 0.1) is 12.0 Å². The predicted molar refractivity (Wildman–Crippen MR) is 84.0 cm³/mol. The molecule has 3 N–H and O–H groups in total. The van der Waals surface area contributed by atoms with E-state index in [1.54, 1.807) is 0 Å². The molecule has 1 rings (SSSR count). The highest BCUT2D eigenvalue weighted by molar-refractivity contribution is 6.68. The summed E-state index contributed by atoms with van der Waals surface area (Å²) in [4.78, 5) is 12.0. The van der Waals surface area contributed by atoms with Crippen molar-refractivity contribution in [3.05, 3.63) is 35.9 Å². The number of carbonyl (C=O) groups excluding carboxylic acids is 1. The third-order valence-electron chi connectivity index (χ3n) is 2.54. The van der Waals surface area contributed by atoms with Crippen molar-refractivity contribution in [2.45, 2.75) is 42.7 Å². The predicted octanol–water partition coefficient (Wildman–Crippen LogP) is 2.40. The Hall–Kier alpha value is -0.480. The minimum absolute atomic E-state index is 0.172. The average Bonchev–Trinajstić information content (AvgIpc) is 2.26. The Balaban J connectivity index is 2.68. The maximum Gasteiger partial charge on any atom is 0.262 e. The number of carbonyl (C=O) groups is 1. The molecule has 0 saturated heterocycles. The molecule has 0 spiro atoms. The van der Waals surface area contributed by atoms with E-state index in [9.17, 15) is 4.79 Å². The van der Waals surface area contributed by atoms with E-state index in [0.717, 1.165) is 5.56 Å². The lowest BCUT2D eigenvalue weighted by Crippen LogP contribution is -3.03. The molecular formula is C14H20Cl3N2O+. The first-order valence-electron chi connectivity index (χ1n) is 6.34. The van der Waals surface area contributed by atoms with Crippen LogP contribution in [0.1, 0.15) is 26.3 Å². The molecule has 0 bridgehead atoms. The molecular weight excluding hydrogens is 319 g/mol. The van der Waals surface area contributed by atoms with Gasteiger partial charge < -0.3 is 10.6 Å². The maximum atomic E-state index is 12.0. The van der Waals surface area contributed by atoms with E-state index in [-0.39, 0.29) is 17.9 Å². The smallest absolute Gasteiger partial charge is 0.262 e. The van der Waals surface area contributed by atoms with Crippen molar-refractivity contribution in [2.24, 2.45) is 0 Å². The summed E-state index contributed by atoms with van der Waals surface area (Å²) < 4.78 is -1.57. The first-order valence-corrected chi connectivity index (χ1v) is 7.47. The molecule has 1 amide bonds. The maximum absolute atomic E-state index is 12.0. The zero-order valence-electron chi connectivity index (χ0n) is 11.8. The number of halogens is 3. The molecule has 20 heavy (non-hydrogen) atoms. The van der Waals surface area contributed by atoms with Crippen molar-refractivity contribution >= 4 is 40.7 Å². The molecule has 0 radical (unpaired) electrons. The molecule has 0 aromatic heterocycles. The second-order valence-electron chi connectivity index (χ2n) is 5.78. The number of amides is 1. The second kappa shape index (κ2) is 6.99. The molecule has 0 fully saturated rings. The Morgan fingerprint density at radius 2 is 1.75 bits per heavy atom. The number of nitrogens with two attached hydrogens (primary N) is 1. The molecule has 1 atom stereocenters. The summed E-state index contributed by atoms with van der Waals surface area (Å²) in [6.45, 7) is 5.96. The lowest BCUT2D eigenvalue weighted by molar-refractivity contribution is -0.749. The van der Waals surface area contributed by atoms with Crippen LogP contribution in [0.2, 0.25) is 0 Å². The molecule has 0 aliphatic heterocycles.